The summed E-state index contributed by atoms with van der Waals surface area (Å²) >= 11 is 1.21. The van der Waals surface area contributed by atoms with Gasteiger partial charge in [0.15, 0.2) is 0 Å². The van der Waals surface area contributed by atoms with Gasteiger partial charge >= 0.3 is 0 Å². The zero-order valence-corrected chi connectivity index (χ0v) is 19.2. The highest BCUT2D eigenvalue weighted by atomic mass is 32.1. The van der Waals surface area contributed by atoms with E-state index in [0.29, 0.717) is 22.6 Å². The van der Waals surface area contributed by atoms with Crippen molar-refractivity contribution in [3.8, 4) is 5.69 Å². The van der Waals surface area contributed by atoms with Gasteiger partial charge < -0.3 is 4.90 Å². The minimum Gasteiger partial charge on any atom is -0.337 e. The van der Waals surface area contributed by atoms with E-state index >= 15 is 0 Å². The van der Waals surface area contributed by atoms with Gasteiger partial charge in [0.2, 0.25) is 0 Å². The quantitative estimate of drug-likeness (QED) is 0.480. The van der Waals surface area contributed by atoms with Gasteiger partial charge in [-0.25, -0.2) is 4.68 Å². The van der Waals surface area contributed by atoms with Gasteiger partial charge in [0, 0.05) is 25.5 Å². The molecular weight excluding hydrogens is 422 g/mol. The second-order valence-electron chi connectivity index (χ2n) is 9.28. The van der Waals surface area contributed by atoms with Crippen LogP contribution in [0.4, 0.5) is 0 Å². The Labute approximate surface area is 190 Å². The van der Waals surface area contributed by atoms with Gasteiger partial charge in [-0.3, -0.25) is 9.48 Å². The Bertz CT molecular complexity index is 1320. The highest BCUT2D eigenvalue weighted by Gasteiger charge is 2.43. The summed E-state index contributed by atoms with van der Waals surface area (Å²) in [6.07, 6.45) is 8.02. The fraction of sp³-hybridized carbons (Fsp3) is 0.435. The average molecular weight is 448 g/mol. The number of benzene rings is 1. The standard InChI is InChI=1S/C23H25N7OS/c1-13-4-16-8-25-30(19-9-24-28(3)12-19)21(16)7-20(13)15-5-17-10-29(11-18(17)6-15)23(31)22-14(2)26-27-32-22/h4,7-9,12,15,17-18H,5-6,10-11H2,1-3H3/t15?,17-,18+. The van der Waals surface area contributed by atoms with Crippen LogP contribution in [0.25, 0.3) is 16.6 Å². The fourth-order valence-electron chi connectivity index (χ4n) is 5.66. The third-order valence-electron chi connectivity index (χ3n) is 7.22. The molecule has 1 unspecified atom stereocenters. The van der Waals surface area contributed by atoms with Crippen molar-refractivity contribution >= 4 is 28.3 Å². The van der Waals surface area contributed by atoms with Crippen molar-refractivity contribution < 1.29 is 4.79 Å². The highest BCUT2D eigenvalue weighted by Crippen LogP contribution is 2.47. The summed E-state index contributed by atoms with van der Waals surface area (Å²) in [5, 5.41) is 14.1. The monoisotopic (exact) mass is 447 g/mol. The van der Waals surface area contributed by atoms with E-state index in [1.54, 1.807) is 4.68 Å². The van der Waals surface area contributed by atoms with Crippen molar-refractivity contribution in [3.05, 3.63) is 52.4 Å². The number of carbonyl (C=O) groups is 1. The van der Waals surface area contributed by atoms with Crippen LogP contribution in [-0.2, 0) is 7.05 Å². The molecule has 1 aliphatic heterocycles. The number of aromatic nitrogens is 6. The molecule has 2 aliphatic rings. The van der Waals surface area contributed by atoms with E-state index in [1.807, 2.05) is 42.1 Å². The predicted molar refractivity (Wildman–Crippen MR) is 122 cm³/mol. The second-order valence-corrected chi connectivity index (χ2v) is 10.0. The van der Waals surface area contributed by atoms with Crippen molar-refractivity contribution in [1.29, 1.82) is 0 Å². The van der Waals surface area contributed by atoms with Gasteiger partial charge in [-0.15, -0.1) is 5.10 Å². The molecule has 1 amide bonds. The minimum absolute atomic E-state index is 0.0985. The molecule has 0 spiro atoms. The molecule has 3 atom stereocenters. The van der Waals surface area contributed by atoms with Crippen LogP contribution in [0.5, 0.6) is 0 Å². The normalized spacial score (nSPS) is 22.7. The lowest BCUT2D eigenvalue weighted by atomic mass is 9.91. The fourth-order valence-corrected chi connectivity index (χ4v) is 6.28. The molecule has 0 radical (unpaired) electrons. The first-order chi connectivity index (χ1) is 15.5. The van der Waals surface area contributed by atoms with E-state index in [2.05, 4.69) is 38.8 Å². The van der Waals surface area contributed by atoms with E-state index < -0.39 is 0 Å². The molecule has 4 heterocycles. The van der Waals surface area contributed by atoms with Crippen molar-refractivity contribution in [2.24, 2.45) is 18.9 Å². The second kappa shape index (κ2) is 7.23. The minimum atomic E-state index is 0.0985. The maximum absolute atomic E-state index is 12.9. The topological polar surface area (TPSA) is 81.7 Å². The predicted octanol–water partition coefficient (Wildman–Crippen LogP) is 3.49. The summed E-state index contributed by atoms with van der Waals surface area (Å²) in [5.41, 5.74) is 5.58. The summed E-state index contributed by atoms with van der Waals surface area (Å²) in [6.45, 7) is 5.75. The summed E-state index contributed by atoms with van der Waals surface area (Å²) in [4.78, 5) is 15.6. The number of rotatable bonds is 3. The van der Waals surface area contributed by atoms with E-state index in [4.69, 9.17) is 0 Å². The molecule has 1 saturated heterocycles. The average Bonchev–Trinajstić information content (AvgIpc) is 3.54. The Morgan fingerprint density at radius 1 is 1.09 bits per heavy atom. The van der Waals surface area contributed by atoms with Crippen molar-refractivity contribution in [2.75, 3.05) is 13.1 Å². The molecule has 32 heavy (non-hydrogen) atoms. The van der Waals surface area contributed by atoms with Gasteiger partial charge in [-0.2, -0.15) is 10.2 Å². The number of aryl methyl sites for hydroxylation is 3. The van der Waals surface area contributed by atoms with Crippen LogP contribution in [0.3, 0.4) is 0 Å². The summed E-state index contributed by atoms with van der Waals surface area (Å²) < 4.78 is 7.71. The number of nitrogens with zero attached hydrogens (tertiary/aromatic N) is 7. The van der Waals surface area contributed by atoms with Crippen LogP contribution >= 0.6 is 11.5 Å². The molecule has 6 rings (SSSR count). The van der Waals surface area contributed by atoms with E-state index in [1.165, 1.54) is 22.7 Å². The van der Waals surface area contributed by atoms with Gasteiger partial charge in [-0.05, 0) is 79.2 Å². The molecule has 1 aromatic carbocycles. The molecule has 9 heteroatoms. The lowest BCUT2D eigenvalue weighted by Gasteiger charge is -2.20. The van der Waals surface area contributed by atoms with E-state index in [9.17, 15) is 4.79 Å². The molecule has 4 aromatic rings. The molecule has 164 valence electrons. The lowest BCUT2D eigenvalue weighted by molar-refractivity contribution is 0.0783. The van der Waals surface area contributed by atoms with Gasteiger partial charge in [0.1, 0.15) is 10.6 Å². The largest absolute Gasteiger partial charge is 0.337 e. The molecule has 3 aromatic heterocycles. The van der Waals surface area contributed by atoms with Crippen LogP contribution in [-0.4, -0.2) is 53.0 Å². The van der Waals surface area contributed by atoms with Gasteiger partial charge in [-0.1, -0.05) is 4.49 Å². The summed E-state index contributed by atoms with van der Waals surface area (Å²) in [7, 11) is 1.92. The zero-order chi connectivity index (χ0) is 22.0. The van der Waals surface area contributed by atoms with Crippen LogP contribution < -0.4 is 0 Å². The Morgan fingerprint density at radius 3 is 2.53 bits per heavy atom. The third kappa shape index (κ3) is 3.06. The number of hydrogen-bond donors (Lipinski definition) is 0. The van der Waals surface area contributed by atoms with E-state index in [0.717, 1.165) is 48.2 Å². The van der Waals surface area contributed by atoms with Gasteiger partial charge in [0.25, 0.3) is 5.91 Å². The smallest absolute Gasteiger partial charge is 0.267 e. The first kappa shape index (κ1) is 19.6. The van der Waals surface area contributed by atoms with E-state index in [-0.39, 0.29) is 5.91 Å². The van der Waals surface area contributed by atoms with Gasteiger partial charge in [0.05, 0.1) is 29.8 Å². The highest BCUT2D eigenvalue weighted by molar-refractivity contribution is 7.07. The molecule has 0 bridgehead atoms. The molecule has 2 fully saturated rings. The number of amides is 1. The zero-order valence-electron chi connectivity index (χ0n) is 18.4. The maximum Gasteiger partial charge on any atom is 0.267 e. The number of fused-ring (bicyclic) bond motifs is 2. The Morgan fingerprint density at radius 2 is 1.88 bits per heavy atom. The van der Waals surface area contributed by atoms with Crippen LogP contribution in [0.1, 0.15) is 45.3 Å². The molecular formula is C23H25N7OS. The van der Waals surface area contributed by atoms with Crippen molar-refractivity contribution in [3.63, 3.8) is 0 Å². The number of carbonyl (C=O) groups excluding carboxylic acids is 1. The Kier molecular flexibility index (Phi) is 4.43. The van der Waals surface area contributed by atoms with Crippen molar-refractivity contribution in [1.82, 2.24) is 34.0 Å². The SMILES string of the molecule is Cc1cc2cnn(-c3cnn(C)c3)c2cc1C1C[C@@H]2CN(C(=O)c3snnc3C)C[C@@H]2C1. The van der Waals surface area contributed by atoms with Crippen LogP contribution in [0.2, 0.25) is 0 Å². The Balaban J connectivity index is 1.24. The van der Waals surface area contributed by atoms with Crippen LogP contribution in [0, 0.1) is 25.7 Å². The summed E-state index contributed by atoms with van der Waals surface area (Å²) in [6, 6.07) is 4.58. The maximum atomic E-state index is 12.9. The third-order valence-corrected chi connectivity index (χ3v) is 8.03. The first-order valence-electron chi connectivity index (χ1n) is 11.0. The lowest BCUT2D eigenvalue weighted by Crippen LogP contribution is -2.29. The number of likely N-dealkylation sites (tertiary alicyclic amines) is 1. The first-order valence-corrected chi connectivity index (χ1v) is 11.8. The Hall–Kier alpha value is -3.07. The molecule has 8 nitrogen and oxygen atoms in total. The number of hydrogen-bond acceptors (Lipinski definition) is 6. The van der Waals surface area contributed by atoms with Crippen LogP contribution in [0.15, 0.2) is 30.7 Å². The molecule has 0 N–H and O–H groups in total. The molecule has 1 aliphatic carbocycles. The van der Waals surface area contributed by atoms with Crippen molar-refractivity contribution in [2.45, 2.75) is 32.6 Å². The molecule has 1 saturated carbocycles. The summed E-state index contributed by atoms with van der Waals surface area (Å²) in [5.74, 6) is 1.74.